The van der Waals surface area contributed by atoms with E-state index in [4.69, 9.17) is 0 Å². The molecule has 0 saturated carbocycles. The summed E-state index contributed by atoms with van der Waals surface area (Å²) >= 11 is 0. The van der Waals surface area contributed by atoms with Crippen molar-refractivity contribution in [2.75, 3.05) is 13.7 Å². The molecule has 1 N–H and O–H groups in total. The van der Waals surface area contributed by atoms with Gasteiger partial charge in [-0.1, -0.05) is 12.1 Å². The van der Waals surface area contributed by atoms with Gasteiger partial charge in [-0.05, 0) is 36.2 Å². The van der Waals surface area contributed by atoms with Crippen LogP contribution in [0.4, 0.5) is 8.78 Å². The zero-order valence-corrected chi connectivity index (χ0v) is 12.4. The van der Waals surface area contributed by atoms with Crippen molar-refractivity contribution in [2.24, 2.45) is 0 Å². The van der Waals surface area contributed by atoms with Crippen molar-refractivity contribution >= 4 is 11.9 Å². The van der Waals surface area contributed by atoms with Crippen molar-refractivity contribution < 1.29 is 23.1 Å². The van der Waals surface area contributed by atoms with E-state index in [1.165, 1.54) is 7.11 Å². The SMILES string of the molecule is COC(=O)c1ccc(CCNC(=O)c2cc(F)cc(F)c2)cc1. The Balaban J connectivity index is 1.89. The Morgan fingerprint density at radius 3 is 2.17 bits per heavy atom. The van der Waals surface area contributed by atoms with Crippen LogP contribution in [0.5, 0.6) is 0 Å². The molecule has 0 aliphatic heterocycles. The van der Waals surface area contributed by atoms with Crippen molar-refractivity contribution in [3.05, 3.63) is 70.8 Å². The Labute approximate surface area is 132 Å². The van der Waals surface area contributed by atoms with E-state index in [2.05, 4.69) is 10.1 Å². The first kappa shape index (κ1) is 16.6. The summed E-state index contributed by atoms with van der Waals surface area (Å²) in [5.74, 6) is -2.56. The molecule has 6 heteroatoms. The van der Waals surface area contributed by atoms with Crippen molar-refractivity contribution in [1.82, 2.24) is 5.32 Å². The van der Waals surface area contributed by atoms with Gasteiger partial charge in [0, 0.05) is 18.2 Å². The Bertz CT molecular complexity index is 694. The number of benzene rings is 2. The van der Waals surface area contributed by atoms with Gasteiger partial charge in [0.25, 0.3) is 5.91 Å². The second-order valence-corrected chi connectivity index (χ2v) is 4.85. The lowest BCUT2D eigenvalue weighted by Crippen LogP contribution is -2.25. The number of carbonyl (C=O) groups is 2. The van der Waals surface area contributed by atoms with Crippen LogP contribution < -0.4 is 5.32 Å². The van der Waals surface area contributed by atoms with Gasteiger partial charge in [-0.3, -0.25) is 4.79 Å². The van der Waals surface area contributed by atoms with Crippen LogP contribution in [0.15, 0.2) is 42.5 Å². The minimum Gasteiger partial charge on any atom is -0.465 e. The number of hydrogen-bond donors (Lipinski definition) is 1. The first-order valence-corrected chi connectivity index (χ1v) is 6.91. The van der Waals surface area contributed by atoms with E-state index in [9.17, 15) is 18.4 Å². The molecule has 2 aromatic rings. The Morgan fingerprint density at radius 2 is 1.61 bits per heavy atom. The Morgan fingerprint density at radius 1 is 1.00 bits per heavy atom. The van der Waals surface area contributed by atoms with Gasteiger partial charge in [0.15, 0.2) is 0 Å². The first-order valence-electron chi connectivity index (χ1n) is 6.91. The number of carbonyl (C=O) groups excluding carboxylic acids is 2. The molecule has 0 spiro atoms. The lowest BCUT2D eigenvalue weighted by Gasteiger charge is -2.06. The van der Waals surface area contributed by atoms with Gasteiger partial charge in [-0.25, -0.2) is 13.6 Å². The standard InChI is InChI=1S/C17H15F2NO3/c1-23-17(22)12-4-2-11(3-5-12)6-7-20-16(21)13-8-14(18)10-15(19)9-13/h2-5,8-10H,6-7H2,1H3,(H,20,21). The van der Waals surface area contributed by atoms with E-state index >= 15 is 0 Å². The van der Waals surface area contributed by atoms with Crippen LogP contribution in [0.25, 0.3) is 0 Å². The molecule has 2 aromatic carbocycles. The van der Waals surface area contributed by atoms with E-state index < -0.39 is 23.5 Å². The van der Waals surface area contributed by atoms with Crippen LogP contribution in [0.1, 0.15) is 26.3 Å². The smallest absolute Gasteiger partial charge is 0.337 e. The molecule has 0 aliphatic carbocycles. The fourth-order valence-corrected chi connectivity index (χ4v) is 2.03. The summed E-state index contributed by atoms with van der Waals surface area (Å²) < 4.78 is 30.7. The van der Waals surface area contributed by atoms with Crippen LogP contribution in [-0.2, 0) is 11.2 Å². The maximum absolute atomic E-state index is 13.0. The first-order chi connectivity index (χ1) is 11.0. The largest absolute Gasteiger partial charge is 0.465 e. The summed E-state index contributed by atoms with van der Waals surface area (Å²) in [7, 11) is 1.31. The predicted molar refractivity (Wildman–Crippen MR) is 80.2 cm³/mol. The molecule has 0 saturated heterocycles. The predicted octanol–water partition coefficient (Wildman–Crippen LogP) is 2.72. The molecule has 0 heterocycles. The van der Waals surface area contributed by atoms with Crippen LogP contribution >= 0.6 is 0 Å². The van der Waals surface area contributed by atoms with Crippen LogP contribution in [0.2, 0.25) is 0 Å². The summed E-state index contributed by atoms with van der Waals surface area (Å²) in [6.45, 7) is 0.300. The maximum Gasteiger partial charge on any atom is 0.337 e. The molecular weight excluding hydrogens is 304 g/mol. The topological polar surface area (TPSA) is 55.4 Å². The molecule has 2 rings (SSSR count). The molecule has 4 nitrogen and oxygen atoms in total. The fraction of sp³-hybridized carbons (Fsp3) is 0.176. The molecule has 0 aliphatic rings. The quantitative estimate of drug-likeness (QED) is 0.862. The van der Waals surface area contributed by atoms with Crippen molar-refractivity contribution in [3.63, 3.8) is 0 Å². The maximum atomic E-state index is 13.0. The molecule has 0 fully saturated rings. The highest BCUT2D eigenvalue weighted by Gasteiger charge is 2.09. The highest BCUT2D eigenvalue weighted by molar-refractivity contribution is 5.94. The molecule has 120 valence electrons. The summed E-state index contributed by atoms with van der Waals surface area (Å²) in [5.41, 5.74) is 1.28. The number of methoxy groups -OCH3 is 1. The van der Waals surface area contributed by atoms with E-state index in [-0.39, 0.29) is 5.56 Å². The number of hydrogen-bond acceptors (Lipinski definition) is 3. The van der Waals surface area contributed by atoms with Crippen molar-refractivity contribution in [1.29, 1.82) is 0 Å². The normalized spacial score (nSPS) is 10.2. The molecule has 0 bridgehead atoms. The van der Waals surface area contributed by atoms with Gasteiger partial charge in [-0.15, -0.1) is 0 Å². The van der Waals surface area contributed by atoms with Gasteiger partial charge in [-0.2, -0.15) is 0 Å². The molecule has 0 unspecified atom stereocenters. The van der Waals surface area contributed by atoms with Gasteiger partial charge in [0.1, 0.15) is 11.6 Å². The highest BCUT2D eigenvalue weighted by atomic mass is 19.1. The molecule has 23 heavy (non-hydrogen) atoms. The van der Waals surface area contributed by atoms with Crippen LogP contribution in [0.3, 0.4) is 0 Å². The Kier molecular flexibility index (Phi) is 5.41. The summed E-state index contributed by atoms with van der Waals surface area (Å²) in [6, 6.07) is 9.42. The monoisotopic (exact) mass is 319 g/mol. The lowest BCUT2D eigenvalue weighted by atomic mass is 10.1. The van der Waals surface area contributed by atoms with Crippen molar-refractivity contribution in [3.8, 4) is 0 Å². The fourth-order valence-electron chi connectivity index (χ4n) is 2.03. The van der Waals surface area contributed by atoms with E-state index in [1.54, 1.807) is 24.3 Å². The van der Waals surface area contributed by atoms with Crippen LogP contribution in [0, 0.1) is 11.6 Å². The number of amides is 1. The summed E-state index contributed by atoms with van der Waals surface area (Å²) in [4.78, 5) is 23.1. The number of esters is 1. The summed E-state index contributed by atoms with van der Waals surface area (Å²) in [5, 5.41) is 2.59. The molecular formula is C17H15F2NO3. The number of halogens is 2. The van der Waals surface area contributed by atoms with Gasteiger partial charge in [0.2, 0.25) is 0 Å². The van der Waals surface area contributed by atoms with E-state index in [0.29, 0.717) is 24.6 Å². The lowest BCUT2D eigenvalue weighted by molar-refractivity contribution is 0.0600. The van der Waals surface area contributed by atoms with E-state index in [0.717, 1.165) is 17.7 Å². The second kappa shape index (κ2) is 7.49. The molecule has 0 atom stereocenters. The Hall–Kier alpha value is -2.76. The average Bonchev–Trinajstić information content (AvgIpc) is 2.53. The third-order valence-electron chi connectivity index (χ3n) is 3.20. The molecule has 1 amide bonds. The summed E-state index contributed by atoms with van der Waals surface area (Å²) in [6.07, 6.45) is 0.519. The average molecular weight is 319 g/mol. The second-order valence-electron chi connectivity index (χ2n) is 4.85. The van der Waals surface area contributed by atoms with Gasteiger partial charge < -0.3 is 10.1 Å². The molecule has 0 aromatic heterocycles. The number of ether oxygens (including phenoxy) is 1. The number of nitrogens with one attached hydrogen (secondary N) is 1. The van der Waals surface area contributed by atoms with Gasteiger partial charge >= 0.3 is 5.97 Å². The van der Waals surface area contributed by atoms with Crippen molar-refractivity contribution in [2.45, 2.75) is 6.42 Å². The third kappa shape index (κ3) is 4.60. The highest BCUT2D eigenvalue weighted by Crippen LogP contribution is 2.09. The minimum absolute atomic E-state index is 0.0662. The number of rotatable bonds is 5. The molecule has 0 radical (unpaired) electrons. The zero-order valence-electron chi connectivity index (χ0n) is 12.4. The minimum atomic E-state index is -0.798. The third-order valence-corrected chi connectivity index (χ3v) is 3.20. The van der Waals surface area contributed by atoms with Crippen LogP contribution in [-0.4, -0.2) is 25.5 Å². The zero-order chi connectivity index (χ0) is 16.8. The van der Waals surface area contributed by atoms with Gasteiger partial charge in [0.05, 0.1) is 12.7 Å². The van der Waals surface area contributed by atoms with E-state index in [1.807, 2.05) is 0 Å².